The summed E-state index contributed by atoms with van der Waals surface area (Å²) in [6, 6.07) is 15.4. The molecule has 0 aliphatic carbocycles. The molecule has 0 saturated carbocycles. The van der Waals surface area contributed by atoms with Crippen molar-refractivity contribution in [1.29, 1.82) is 0 Å². The number of nitrogens with one attached hydrogen (secondary N) is 3. The van der Waals surface area contributed by atoms with Crippen LogP contribution in [0.25, 0.3) is 0 Å². The van der Waals surface area contributed by atoms with Crippen molar-refractivity contribution >= 4 is 23.6 Å². The van der Waals surface area contributed by atoms with E-state index >= 15 is 0 Å². The van der Waals surface area contributed by atoms with Gasteiger partial charge < -0.3 is 25.4 Å². The zero-order valence-electron chi connectivity index (χ0n) is 18.7. The molecule has 0 spiro atoms. The molecule has 8 heteroatoms. The Labute approximate surface area is 188 Å². The first-order valence-electron chi connectivity index (χ1n) is 10.7. The minimum atomic E-state index is -0.818. The largest absolute Gasteiger partial charge is 0.494 e. The van der Waals surface area contributed by atoms with Gasteiger partial charge in [-0.25, -0.2) is 4.79 Å². The van der Waals surface area contributed by atoms with Gasteiger partial charge in [0.1, 0.15) is 18.4 Å². The topological polar surface area (TPSA) is 106 Å². The second-order valence-electron chi connectivity index (χ2n) is 7.29. The fourth-order valence-corrected chi connectivity index (χ4v) is 2.88. The third kappa shape index (κ3) is 8.29. The number of carbonyl (C=O) groups excluding carboxylic acids is 3. The second kappa shape index (κ2) is 13.0. The molecule has 2 rings (SSSR count). The van der Waals surface area contributed by atoms with Crippen LogP contribution in [0.1, 0.15) is 32.8 Å². The van der Waals surface area contributed by atoms with Gasteiger partial charge in [-0.1, -0.05) is 50.6 Å². The molecule has 0 saturated heterocycles. The Morgan fingerprint density at radius 3 is 2.28 bits per heavy atom. The smallest absolute Gasteiger partial charge is 0.408 e. The van der Waals surface area contributed by atoms with Crippen LogP contribution in [0.2, 0.25) is 0 Å². The monoisotopic (exact) mass is 441 g/mol. The van der Waals surface area contributed by atoms with Crippen molar-refractivity contribution in [3.05, 3.63) is 60.2 Å². The van der Waals surface area contributed by atoms with Crippen LogP contribution in [-0.4, -0.2) is 37.1 Å². The van der Waals surface area contributed by atoms with Crippen LogP contribution in [0.3, 0.4) is 0 Å². The van der Waals surface area contributed by atoms with Gasteiger partial charge in [0.2, 0.25) is 11.8 Å². The molecule has 0 unspecified atom stereocenters. The highest BCUT2D eigenvalue weighted by Crippen LogP contribution is 2.15. The number of amides is 3. The van der Waals surface area contributed by atoms with E-state index in [1.54, 1.807) is 24.3 Å². The molecule has 0 heterocycles. The standard InChI is InChI=1S/C24H31N3O5/c1-4-17(3)22(27-24(30)32-16-18-9-7-6-8-10-18)23(29)25-15-21(28)26-19-11-13-20(14-12-19)31-5-2/h6-14,17,22H,4-5,15-16H2,1-3H3,(H,25,29)(H,26,28)(H,27,30)/t17-,22-/m0/s1. The molecule has 0 aromatic heterocycles. The molecule has 172 valence electrons. The zero-order valence-corrected chi connectivity index (χ0v) is 18.7. The van der Waals surface area contributed by atoms with E-state index in [4.69, 9.17) is 9.47 Å². The lowest BCUT2D eigenvalue weighted by Crippen LogP contribution is -2.51. The first-order chi connectivity index (χ1) is 15.4. The van der Waals surface area contributed by atoms with Gasteiger partial charge in [-0.3, -0.25) is 9.59 Å². The van der Waals surface area contributed by atoms with Crippen molar-refractivity contribution in [2.45, 2.75) is 39.8 Å². The fraction of sp³-hybridized carbons (Fsp3) is 0.375. The molecule has 2 atom stereocenters. The van der Waals surface area contributed by atoms with Crippen LogP contribution >= 0.6 is 0 Å². The quantitative estimate of drug-likeness (QED) is 0.495. The molecule has 8 nitrogen and oxygen atoms in total. The lowest BCUT2D eigenvalue weighted by molar-refractivity contribution is -0.126. The van der Waals surface area contributed by atoms with Gasteiger partial charge in [0, 0.05) is 5.69 Å². The highest BCUT2D eigenvalue weighted by molar-refractivity contribution is 5.95. The van der Waals surface area contributed by atoms with Gasteiger partial charge in [0.15, 0.2) is 0 Å². The van der Waals surface area contributed by atoms with Gasteiger partial charge in [-0.2, -0.15) is 0 Å². The highest BCUT2D eigenvalue weighted by Gasteiger charge is 2.26. The van der Waals surface area contributed by atoms with E-state index < -0.39 is 18.0 Å². The van der Waals surface area contributed by atoms with Crippen LogP contribution in [0.15, 0.2) is 54.6 Å². The molecular formula is C24H31N3O5. The van der Waals surface area contributed by atoms with Gasteiger partial charge in [-0.05, 0) is 42.7 Å². The number of ether oxygens (including phenoxy) is 2. The molecule has 32 heavy (non-hydrogen) atoms. The summed E-state index contributed by atoms with van der Waals surface area (Å²) in [7, 11) is 0. The third-order valence-electron chi connectivity index (χ3n) is 4.85. The molecule has 3 amide bonds. The summed E-state index contributed by atoms with van der Waals surface area (Å²) in [6.07, 6.45) is -0.0248. The minimum absolute atomic E-state index is 0.103. The van der Waals surface area contributed by atoms with E-state index in [1.807, 2.05) is 51.1 Å². The van der Waals surface area contributed by atoms with Gasteiger partial charge in [-0.15, -0.1) is 0 Å². The summed E-state index contributed by atoms with van der Waals surface area (Å²) >= 11 is 0. The summed E-state index contributed by atoms with van der Waals surface area (Å²) in [5.74, 6) is -0.260. The number of alkyl carbamates (subject to hydrolysis) is 1. The number of hydrogen-bond acceptors (Lipinski definition) is 5. The van der Waals surface area contributed by atoms with Crippen molar-refractivity contribution in [3.8, 4) is 5.75 Å². The number of anilines is 1. The van der Waals surface area contributed by atoms with E-state index in [1.165, 1.54) is 0 Å². The first-order valence-corrected chi connectivity index (χ1v) is 10.7. The zero-order chi connectivity index (χ0) is 23.3. The van der Waals surface area contributed by atoms with Crippen LogP contribution in [0.5, 0.6) is 5.75 Å². The van der Waals surface area contributed by atoms with Gasteiger partial charge >= 0.3 is 6.09 Å². The number of hydrogen-bond donors (Lipinski definition) is 3. The molecular weight excluding hydrogens is 410 g/mol. The normalized spacial score (nSPS) is 12.2. The Morgan fingerprint density at radius 1 is 0.969 bits per heavy atom. The number of benzene rings is 2. The van der Waals surface area contributed by atoms with Crippen LogP contribution in [0.4, 0.5) is 10.5 Å². The molecule has 2 aromatic rings. The van der Waals surface area contributed by atoms with Crippen LogP contribution in [-0.2, 0) is 20.9 Å². The SMILES string of the molecule is CCOc1ccc(NC(=O)CNC(=O)[C@@H](NC(=O)OCc2ccccc2)[C@@H](C)CC)cc1. The van der Waals surface area contributed by atoms with E-state index in [0.717, 1.165) is 5.56 Å². The average Bonchev–Trinajstić information content (AvgIpc) is 2.81. The lowest BCUT2D eigenvalue weighted by atomic mass is 9.98. The maximum atomic E-state index is 12.6. The maximum absolute atomic E-state index is 12.6. The lowest BCUT2D eigenvalue weighted by Gasteiger charge is -2.23. The minimum Gasteiger partial charge on any atom is -0.494 e. The van der Waals surface area contributed by atoms with Gasteiger partial charge in [0.25, 0.3) is 0 Å². The Balaban J connectivity index is 1.84. The van der Waals surface area contributed by atoms with Crippen LogP contribution < -0.4 is 20.7 Å². The molecule has 0 bridgehead atoms. The Morgan fingerprint density at radius 2 is 1.66 bits per heavy atom. The Kier molecular flexibility index (Phi) is 10.0. The van der Waals surface area contributed by atoms with Crippen molar-refractivity contribution < 1.29 is 23.9 Å². The van der Waals surface area contributed by atoms with Crippen molar-refractivity contribution in [3.63, 3.8) is 0 Å². The highest BCUT2D eigenvalue weighted by atomic mass is 16.5. The third-order valence-corrected chi connectivity index (χ3v) is 4.85. The van der Waals surface area contributed by atoms with E-state index in [2.05, 4.69) is 16.0 Å². The maximum Gasteiger partial charge on any atom is 0.408 e. The summed E-state index contributed by atoms with van der Waals surface area (Å²) in [5, 5.41) is 7.90. The predicted molar refractivity (Wildman–Crippen MR) is 122 cm³/mol. The molecule has 2 aromatic carbocycles. The average molecular weight is 442 g/mol. The predicted octanol–water partition coefficient (Wildman–Crippen LogP) is 3.48. The van der Waals surface area contributed by atoms with E-state index in [-0.39, 0.29) is 25.0 Å². The Bertz CT molecular complexity index is 871. The van der Waals surface area contributed by atoms with Crippen molar-refractivity contribution in [1.82, 2.24) is 10.6 Å². The molecule has 0 aliphatic heterocycles. The fourth-order valence-electron chi connectivity index (χ4n) is 2.88. The molecule has 0 radical (unpaired) electrons. The molecule has 0 aliphatic rings. The molecule has 0 fully saturated rings. The molecule has 3 N–H and O–H groups in total. The summed E-state index contributed by atoms with van der Waals surface area (Å²) in [4.78, 5) is 37.1. The number of carbonyl (C=O) groups is 3. The van der Waals surface area contributed by atoms with E-state index in [0.29, 0.717) is 24.5 Å². The first kappa shape index (κ1) is 24.7. The number of rotatable bonds is 11. The van der Waals surface area contributed by atoms with Crippen LogP contribution in [0, 0.1) is 5.92 Å². The second-order valence-corrected chi connectivity index (χ2v) is 7.29. The van der Waals surface area contributed by atoms with Crippen molar-refractivity contribution in [2.75, 3.05) is 18.5 Å². The summed E-state index contributed by atoms with van der Waals surface area (Å²) in [6.45, 7) is 6.10. The van der Waals surface area contributed by atoms with Crippen molar-refractivity contribution in [2.24, 2.45) is 5.92 Å². The van der Waals surface area contributed by atoms with Gasteiger partial charge in [0.05, 0.1) is 13.2 Å². The summed E-state index contributed by atoms with van der Waals surface area (Å²) in [5.41, 5.74) is 1.44. The summed E-state index contributed by atoms with van der Waals surface area (Å²) < 4.78 is 10.6. The Hall–Kier alpha value is -3.55. The van der Waals surface area contributed by atoms with E-state index in [9.17, 15) is 14.4 Å².